The van der Waals surface area contributed by atoms with E-state index in [1.807, 2.05) is 42.5 Å². The van der Waals surface area contributed by atoms with E-state index in [1.54, 1.807) is 7.11 Å². The smallest absolute Gasteiger partial charge is 0.230 e. The number of thioether (sulfide) groups is 1. The maximum Gasteiger partial charge on any atom is 0.230 e. The van der Waals surface area contributed by atoms with Crippen molar-refractivity contribution in [3.05, 3.63) is 42.5 Å². The van der Waals surface area contributed by atoms with Crippen LogP contribution in [0.2, 0.25) is 0 Å². The van der Waals surface area contributed by atoms with E-state index in [2.05, 4.69) is 15.6 Å². The molecule has 7 nitrogen and oxygen atoms in total. The normalized spacial score (nSPS) is 10.7. The zero-order valence-electron chi connectivity index (χ0n) is 17.3. The van der Waals surface area contributed by atoms with E-state index >= 15 is 0 Å². The number of hydrogen-bond donors (Lipinski definition) is 3. The summed E-state index contributed by atoms with van der Waals surface area (Å²) in [5.74, 6) is 1.10. The number of nitrogens with one attached hydrogen (secondary N) is 2. The molecule has 31 heavy (non-hydrogen) atoms. The molecule has 164 valence electrons. The van der Waals surface area contributed by atoms with Crippen molar-refractivity contribution in [2.75, 3.05) is 30.5 Å². The monoisotopic (exact) mass is 458 g/mol. The molecule has 2 amide bonds. The Morgan fingerprint density at radius 2 is 1.90 bits per heavy atom. The molecule has 3 rings (SSSR count). The van der Waals surface area contributed by atoms with Crippen LogP contribution in [0.15, 0.2) is 47.4 Å². The first-order valence-electron chi connectivity index (χ1n) is 10.0. The second-order valence-electron chi connectivity index (χ2n) is 6.92. The summed E-state index contributed by atoms with van der Waals surface area (Å²) < 4.78 is 6.18. The number of benzene rings is 2. The van der Waals surface area contributed by atoms with Crippen LogP contribution in [0.5, 0.6) is 5.75 Å². The van der Waals surface area contributed by atoms with Crippen molar-refractivity contribution in [2.45, 2.75) is 30.6 Å². The van der Waals surface area contributed by atoms with Gasteiger partial charge in [0, 0.05) is 23.5 Å². The first-order valence-corrected chi connectivity index (χ1v) is 11.8. The minimum absolute atomic E-state index is 0.00651. The van der Waals surface area contributed by atoms with Gasteiger partial charge in [0.15, 0.2) is 5.13 Å². The van der Waals surface area contributed by atoms with E-state index in [9.17, 15) is 9.59 Å². The molecule has 0 radical (unpaired) electrons. The van der Waals surface area contributed by atoms with E-state index in [-0.39, 0.29) is 11.8 Å². The molecule has 1 aromatic heterocycles. The summed E-state index contributed by atoms with van der Waals surface area (Å²) in [6, 6.07) is 13.1. The molecule has 0 atom stereocenters. The number of nitrogens with zero attached hydrogens (tertiary/aromatic N) is 1. The number of thiazole rings is 1. The third-order valence-electron chi connectivity index (χ3n) is 4.49. The average molecular weight is 459 g/mol. The summed E-state index contributed by atoms with van der Waals surface area (Å²) in [6.07, 6.45) is 2.91. The van der Waals surface area contributed by atoms with E-state index in [0.29, 0.717) is 29.5 Å². The Bertz CT molecular complexity index is 1020. The van der Waals surface area contributed by atoms with E-state index in [4.69, 9.17) is 10.5 Å². The molecule has 0 spiro atoms. The van der Waals surface area contributed by atoms with E-state index < -0.39 is 0 Å². The fourth-order valence-electron chi connectivity index (χ4n) is 2.85. The number of carbonyl (C=O) groups is 2. The van der Waals surface area contributed by atoms with Gasteiger partial charge >= 0.3 is 0 Å². The van der Waals surface area contributed by atoms with Crippen molar-refractivity contribution < 1.29 is 14.3 Å². The summed E-state index contributed by atoms with van der Waals surface area (Å²) in [5.41, 5.74) is 7.20. The quantitative estimate of drug-likeness (QED) is 0.225. The highest BCUT2D eigenvalue weighted by molar-refractivity contribution is 8.00. The molecule has 2 aromatic carbocycles. The van der Waals surface area contributed by atoms with Gasteiger partial charge in [-0.2, -0.15) is 0 Å². The second kappa shape index (κ2) is 11.6. The summed E-state index contributed by atoms with van der Waals surface area (Å²) in [4.78, 5) is 29.5. The van der Waals surface area contributed by atoms with Gasteiger partial charge in [-0.25, -0.2) is 4.98 Å². The molecule has 0 saturated heterocycles. The van der Waals surface area contributed by atoms with Crippen LogP contribution in [-0.4, -0.2) is 36.2 Å². The zero-order valence-corrected chi connectivity index (χ0v) is 19.0. The molecule has 0 aliphatic heterocycles. The number of hydrogen-bond acceptors (Lipinski definition) is 7. The summed E-state index contributed by atoms with van der Waals surface area (Å²) in [7, 11) is 1.62. The number of nitrogens with two attached hydrogens (primary N) is 1. The Balaban J connectivity index is 1.27. The minimum Gasteiger partial charge on any atom is -0.497 e. The molecule has 0 bridgehead atoms. The first kappa shape index (κ1) is 22.9. The molecule has 4 N–H and O–H groups in total. The summed E-state index contributed by atoms with van der Waals surface area (Å²) in [6.45, 7) is 0.614. The highest BCUT2D eigenvalue weighted by Crippen LogP contribution is 2.29. The number of unbranched alkanes of at least 4 members (excludes halogenated alkanes) is 2. The number of nitrogen functional groups attached to an aromatic ring is 1. The number of anilines is 2. The Kier molecular flexibility index (Phi) is 8.54. The van der Waals surface area contributed by atoms with Gasteiger partial charge in [-0.05, 0) is 55.3 Å². The van der Waals surface area contributed by atoms with E-state index in [0.717, 1.165) is 40.1 Å². The third kappa shape index (κ3) is 7.45. The van der Waals surface area contributed by atoms with Crippen LogP contribution >= 0.6 is 23.1 Å². The Labute approximate surface area is 189 Å². The minimum atomic E-state index is -0.0463. The third-order valence-corrected chi connectivity index (χ3v) is 6.44. The van der Waals surface area contributed by atoms with Gasteiger partial charge in [0.25, 0.3) is 0 Å². The molecule has 0 aliphatic rings. The Morgan fingerprint density at radius 3 is 2.68 bits per heavy atom. The molecule has 0 aliphatic carbocycles. The number of methoxy groups -OCH3 is 1. The SMILES string of the molecule is COc1ccc2nc(NC(=O)CCCCCNC(=O)CSc3ccc(N)cc3)sc2c1. The average Bonchev–Trinajstić information content (AvgIpc) is 3.16. The van der Waals surface area contributed by atoms with Crippen LogP contribution in [-0.2, 0) is 9.59 Å². The Hall–Kier alpha value is -2.78. The van der Waals surface area contributed by atoms with Gasteiger partial charge in [0.1, 0.15) is 5.75 Å². The van der Waals surface area contributed by atoms with Crippen molar-refractivity contribution in [1.82, 2.24) is 10.3 Å². The van der Waals surface area contributed by atoms with Crippen molar-refractivity contribution in [3.8, 4) is 5.75 Å². The van der Waals surface area contributed by atoms with Crippen molar-refractivity contribution in [3.63, 3.8) is 0 Å². The lowest BCUT2D eigenvalue weighted by molar-refractivity contribution is -0.118. The molecular weight excluding hydrogens is 432 g/mol. The molecule has 0 unspecified atom stereocenters. The molecule has 0 fully saturated rings. The molecule has 1 heterocycles. The van der Waals surface area contributed by atoms with Crippen LogP contribution in [0.1, 0.15) is 25.7 Å². The van der Waals surface area contributed by atoms with Crippen LogP contribution in [0, 0.1) is 0 Å². The maximum absolute atomic E-state index is 12.1. The summed E-state index contributed by atoms with van der Waals surface area (Å²) >= 11 is 2.91. The first-order chi connectivity index (χ1) is 15.0. The van der Waals surface area contributed by atoms with Crippen molar-refractivity contribution >= 4 is 55.9 Å². The van der Waals surface area contributed by atoms with Gasteiger partial charge in [0.05, 0.1) is 23.1 Å². The van der Waals surface area contributed by atoms with E-state index in [1.165, 1.54) is 23.1 Å². The fourth-order valence-corrected chi connectivity index (χ4v) is 4.49. The fraction of sp³-hybridized carbons (Fsp3) is 0.318. The number of amides is 2. The van der Waals surface area contributed by atoms with Gasteiger partial charge in [-0.15, -0.1) is 11.8 Å². The predicted molar refractivity (Wildman–Crippen MR) is 128 cm³/mol. The second-order valence-corrected chi connectivity index (χ2v) is 9.00. The van der Waals surface area contributed by atoms with Gasteiger partial charge in [0.2, 0.25) is 11.8 Å². The van der Waals surface area contributed by atoms with Crippen LogP contribution in [0.25, 0.3) is 10.2 Å². The lowest BCUT2D eigenvalue weighted by Crippen LogP contribution is -2.26. The molecular formula is C22H26N4O3S2. The number of ether oxygens (including phenoxy) is 1. The van der Waals surface area contributed by atoms with Crippen molar-refractivity contribution in [1.29, 1.82) is 0 Å². The predicted octanol–water partition coefficient (Wildman–Crippen LogP) is 4.29. The highest BCUT2D eigenvalue weighted by Gasteiger charge is 2.09. The highest BCUT2D eigenvalue weighted by atomic mass is 32.2. The maximum atomic E-state index is 12.1. The van der Waals surface area contributed by atoms with Crippen LogP contribution < -0.4 is 21.1 Å². The number of rotatable bonds is 11. The Morgan fingerprint density at radius 1 is 1.10 bits per heavy atom. The van der Waals surface area contributed by atoms with Crippen LogP contribution in [0.4, 0.5) is 10.8 Å². The summed E-state index contributed by atoms with van der Waals surface area (Å²) in [5, 5.41) is 6.37. The molecule has 0 saturated carbocycles. The van der Waals surface area contributed by atoms with Gasteiger partial charge in [-0.1, -0.05) is 17.8 Å². The zero-order chi connectivity index (χ0) is 22.1. The number of aromatic nitrogens is 1. The largest absolute Gasteiger partial charge is 0.497 e. The molecule has 9 heteroatoms. The lowest BCUT2D eigenvalue weighted by Gasteiger charge is -2.06. The molecule has 3 aromatic rings. The van der Waals surface area contributed by atoms with Crippen LogP contribution in [0.3, 0.4) is 0 Å². The van der Waals surface area contributed by atoms with Gasteiger partial charge in [-0.3, -0.25) is 9.59 Å². The van der Waals surface area contributed by atoms with Gasteiger partial charge < -0.3 is 21.1 Å². The lowest BCUT2D eigenvalue weighted by atomic mass is 10.2. The standard InChI is InChI=1S/C22H26N4O3S2/c1-29-16-8-11-18-19(13-16)31-22(25-18)26-20(27)5-3-2-4-12-24-21(28)14-30-17-9-6-15(23)7-10-17/h6-11,13H,2-5,12,14,23H2,1H3,(H,24,28)(H,25,26,27). The topological polar surface area (TPSA) is 106 Å². The van der Waals surface area contributed by atoms with Crippen molar-refractivity contribution in [2.24, 2.45) is 0 Å². The number of fused-ring (bicyclic) bond motifs is 1. The number of carbonyl (C=O) groups excluding carboxylic acids is 2.